The van der Waals surface area contributed by atoms with Gasteiger partial charge in [-0.05, 0) is 30.3 Å². The summed E-state index contributed by atoms with van der Waals surface area (Å²) in [5, 5.41) is 13.7. The zero-order valence-corrected chi connectivity index (χ0v) is 15.0. The Kier molecular flexibility index (Phi) is 4.51. The fraction of sp³-hybridized carbons (Fsp3) is 0.0500. The van der Waals surface area contributed by atoms with Crippen molar-refractivity contribution in [2.45, 2.75) is 6.92 Å². The van der Waals surface area contributed by atoms with Crippen molar-refractivity contribution in [3.05, 3.63) is 78.4 Å². The second-order valence-electron chi connectivity index (χ2n) is 6.06. The van der Waals surface area contributed by atoms with Gasteiger partial charge in [-0.25, -0.2) is 9.67 Å². The second-order valence-corrected chi connectivity index (χ2v) is 6.06. The number of aromatic amines is 1. The molecule has 0 aliphatic carbocycles. The van der Waals surface area contributed by atoms with Crippen LogP contribution in [-0.2, 0) is 0 Å². The maximum Gasteiger partial charge on any atom is 0.274 e. The third kappa shape index (κ3) is 3.43. The van der Waals surface area contributed by atoms with Crippen molar-refractivity contribution in [3.8, 4) is 17.1 Å². The van der Waals surface area contributed by atoms with E-state index in [0.717, 1.165) is 5.69 Å². The lowest BCUT2D eigenvalue weighted by molar-refractivity contribution is 0.101. The number of para-hydroxylation sites is 1. The van der Waals surface area contributed by atoms with Crippen molar-refractivity contribution in [1.82, 2.24) is 25.0 Å². The Morgan fingerprint density at radius 1 is 1.04 bits per heavy atom. The molecule has 0 saturated carbocycles. The number of rotatable bonds is 5. The SMILES string of the molecule is CC(=O)c1nn(-c2ccccc2)cc1NC(=O)c1cccc(-c2ccn[nH]2)n1. The van der Waals surface area contributed by atoms with Crippen LogP contribution in [0.4, 0.5) is 5.69 Å². The van der Waals surface area contributed by atoms with Gasteiger partial charge in [0.2, 0.25) is 0 Å². The largest absolute Gasteiger partial charge is 0.317 e. The average molecular weight is 372 g/mol. The van der Waals surface area contributed by atoms with Gasteiger partial charge in [0.25, 0.3) is 5.91 Å². The number of ketones is 1. The van der Waals surface area contributed by atoms with E-state index < -0.39 is 5.91 Å². The van der Waals surface area contributed by atoms with Gasteiger partial charge in [0, 0.05) is 13.1 Å². The van der Waals surface area contributed by atoms with Gasteiger partial charge in [0.15, 0.2) is 11.5 Å². The van der Waals surface area contributed by atoms with Crippen molar-refractivity contribution in [3.63, 3.8) is 0 Å². The number of Topliss-reactive ketones (excluding diaryl/α,β-unsaturated/α-hetero) is 1. The highest BCUT2D eigenvalue weighted by Crippen LogP contribution is 2.19. The maximum atomic E-state index is 12.7. The molecule has 138 valence electrons. The van der Waals surface area contributed by atoms with Crippen LogP contribution in [0.2, 0.25) is 0 Å². The number of hydrogen-bond acceptors (Lipinski definition) is 5. The molecule has 3 heterocycles. The standard InChI is InChI=1S/C20H16N6O2/c1-13(27)19-18(12-26(25-19)14-6-3-2-4-7-14)23-20(28)17-9-5-8-15(22-17)16-10-11-21-24-16/h2-12H,1H3,(H,21,24)(H,23,28). The molecule has 8 nitrogen and oxygen atoms in total. The number of carbonyl (C=O) groups excluding carboxylic acids is 2. The van der Waals surface area contributed by atoms with Gasteiger partial charge in [0.05, 0.1) is 29.0 Å². The first-order chi connectivity index (χ1) is 13.6. The molecule has 0 saturated heterocycles. The highest BCUT2D eigenvalue weighted by Gasteiger charge is 2.18. The fourth-order valence-corrected chi connectivity index (χ4v) is 2.73. The quantitative estimate of drug-likeness (QED) is 0.524. The maximum absolute atomic E-state index is 12.7. The summed E-state index contributed by atoms with van der Waals surface area (Å²) in [6.45, 7) is 1.41. The number of pyridine rings is 1. The normalized spacial score (nSPS) is 10.6. The van der Waals surface area contributed by atoms with Crippen LogP contribution in [0.15, 0.2) is 67.0 Å². The lowest BCUT2D eigenvalue weighted by Gasteiger charge is -2.05. The lowest BCUT2D eigenvalue weighted by atomic mass is 10.2. The zero-order chi connectivity index (χ0) is 19.5. The molecule has 1 aromatic carbocycles. The molecule has 4 rings (SSSR count). The van der Waals surface area contributed by atoms with Crippen LogP contribution in [0.25, 0.3) is 17.1 Å². The molecule has 3 aromatic heterocycles. The second kappa shape index (κ2) is 7.28. The Labute approximate surface area is 160 Å². The van der Waals surface area contributed by atoms with Crippen molar-refractivity contribution in [2.75, 3.05) is 5.32 Å². The number of hydrogen-bond donors (Lipinski definition) is 2. The Morgan fingerprint density at radius 2 is 1.86 bits per heavy atom. The monoisotopic (exact) mass is 372 g/mol. The predicted octanol–water partition coefficient (Wildman–Crippen LogP) is 3.11. The van der Waals surface area contributed by atoms with Crippen LogP contribution in [-0.4, -0.2) is 36.7 Å². The summed E-state index contributed by atoms with van der Waals surface area (Å²) in [5.74, 6) is -0.680. The minimum Gasteiger partial charge on any atom is -0.317 e. The molecule has 0 fully saturated rings. The molecule has 0 aliphatic heterocycles. The summed E-state index contributed by atoms with van der Waals surface area (Å²) in [5.41, 5.74) is 2.81. The number of nitrogens with one attached hydrogen (secondary N) is 2. The van der Waals surface area contributed by atoms with Crippen LogP contribution in [0, 0.1) is 0 Å². The Balaban J connectivity index is 1.64. The number of anilines is 1. The van der Waals surface area contributed by atoms with Crippen LogP contribution >= 0.6 is 0 Å². The molecule has 2 N–H and O–H groups in total. The highest BCUT2D eigenvalue weighted by molar-refractivity contribution is 6.07. The van der Waals surface area contributed by atoms with Gasteiger partial charge in [-0.3, -0.25) is 14.7 Å². The van der Waals surface area contributed by atoms with E-state index in [2.05, 4.69) is 25.6 Å². The fourth-order valence-electron chi connectivity index (χ4n) is 2.73. The molecule has 0 atom stereocenters. The third-order valence-electron chi connectivity index (χ3n) is 4.08. The molecule has 8 heteroatoms. The minimum atomic E-state index is -0.434. The molecular weight excluding hydrogens is 356 g/mol. The zero-order valence-electron chi connectivity index (χ0n) is 15.0. The minimum absolute atomic E-state index is 0.182. The summed E-state index contributed by atoms with van der Waals surface area (Å²) in [7, 11) is 0. The van der Waals surface area contributed by atoms with E-state index in [0.29, 0.717) is 17.1 Å². The predicted molar refractivity (Wildman–Crippen MR) is 103 cm³/mol. The molecule has 1 amide bonds. The molecule has 0 unspecified atom stereocenters. The Hall–Kier alpha value is -4.07. The summed E-state index contributed by atoms with van der Waals surface area (Å²) < 4.78 is 1.56. The lowest BCUT2D eigenvalue weighted by Crippen LogP contribution is -2.15. The van der Waals surface area contributed by atoms with Gasteiger partial charge in [-0.2, -0.15) is 10.2 Å². The van der Waals surface area contributed by atoms with Crippen LogP contribution in [0.5, 0.6) is 0 Å². The van der Waals surface area contributed by atoms with Crippen molar-refractivity contribution in [1.29, 1.82) is 0 Å². The molecule has 0 bridgehead atoms. The first-order valence-electron chi connectivity index (χ1n) is 8.56. The number of carbonyl (C=O) groups is 2. The number of nitrogens with zero attached hydrogens (tertiary/aromatic N) is 4. The molecule has 0 spiro atoms. The van der Waals surface area contributed by atoms with E-state index >= 15 is 0 Å². The number of amides is 1. The number of aromatic nitrogens is 5. The molecule has 4 aromatic rings. The van der Waals surface area contributed by atoms with Gasteiger partial charge in [0.1, 0.15) is 5.69 Å². The first-order valence-corrected chi connectivity index (χ1v) is 8.56. The van der Waals surface area contributed by atoms with Gasteiger partial charge in [-0.15, -0.1) is 0 Å². The summed E-state index contributed by atoms with van der Waals surface area (Å²) in [6, 6.07) is 16.2. The molecule has 0 radical (unpaired) electrons. The van der Waals surface area contributed by atoms with E-state index in [1.165, 1.54) is 6.92 Å². The van der Waals surface area contributed by atoms with Crippen molar-refractivity contribution >= 4 is 17.4 Å². The number of benzene rings is 1. The van der Waals surface area contributed by atoms with Gasteiger partial charge in [-0.1, -0.05) is 24.3 Å². The first kappa shape index (κ1) is 17.3. The Morgan fingerprint density at radius 3 is 2.57 bits per heavy atom. The summed E-state index contributed by atoms with van der Waals surface area (Å²) in [6.07, 6.45) is 3.23. The van der Waals surface area contributed by atoms with E-state index in [4.69, 9.17) is 0 Å². The van der Waals surface area contributed by atoms with E-state index in [1.807, 2.05) is 30.3 Å². The Bertz CT molecular complexity index is 1130. The van der Waals surface area contributed by atoms with Gasteiger partial charge >= 0.3 is 0 Å². The van der Waals surface area contributed by atoms with Crippen molar-refractivity contribution in [2.24, 2.45) is 0 Å². The van der Waals surface area contributed by atoms with E-state index in [1.54, 1.807) is 41.3 Å². The molecule has 0 aliphatic rings. The highest BCUT2D eigenvalue weighted by atomic mass is 16.2. The molecule has 28 heavy (non-hydrogen) atoms. The average Bonchev–Trinajstić information content (AvgIpc) is 3.39. The van der Waals surface area contributed by atoms with E-state index in [-0.39, 0.29) is 17.2 Å². The van der Waals surface area contributed by atoms with Gasteiger partial charge < -0.3 is 5.32 Å². The smallest absolute Gasteiger partial charge is 0.274 e. The van der Waals surface area contributed by atoms with Crippen LogP contribution < -0.4 is 5.32 Å². The topological polar surface area (TPSA) is 106 Å². The number of H-pyrrole nitrogens is 1. The summed E-state index contributed by atoms with van der Waals surface area (Å²) in [4.78, 5) is 29.0. The van der Waals surface area contributed by atoms with Crippen LogP contribution in [0.3, 0.4) is 0 Å². The third-order valence-corrected chi connectivity index (χ3v) is 4.08. The van der Waals surface area contributed by atoms with Crippen LogP contribution in [0.1, 0.15) is 27.9 Å². The van der Waals surface area contributed by atoms with E-state index in [9.17, 15) is 9.59 Å². The van der Waals surface area contributed by atoms with Crippen molar-refractivity contribution < 1.29 is 9.59 Å². The summed E-state index contributed by atoms with van der Waals surface area (Å²) >= 11 is 0. The molecular formula is C20H16N6O2.